The van der Waals surface area contributed by atoms with Gasteiger partial charge in [-0.2, -0.15) is 0 Å². The molecule has 0 bridgehead atoms. The van der Waals surface area contributed by atoms with Gasteiger partial charge in [0, 0.05) is 22.4 Å². The predicted molar refractivity (Wildman–Crippen MR) is 152 cm³/mol. The van der Waals surface area contributed by atoms with Crippen molar-refractivity contribution in [3.8, 4) is 5.75 Å². The van der Waals surface area contributed by atoms with Gasteiger partial charge in [0.05, 0.1) is 6.61 Å². The molecule has 0 aromatic heterocycles. The maximum Gasteiger partial charge on any atom is 0.269 e. The second kappa shape index (κ2) is 14.5. The van der Waals surface area contributed by atoms with Gasteiger partial charge >= 0.3 is 0 Å². The van der Waals surface area contributed by atoms with E-state index >= 15 is 0 Å². The molecular weight excluding hydrogens is 500 g/mol. The van der Waals surface area contributed by atoms with Crippen LogP contribution >= 0.6 is 12.2 Å². The highest BCUT2D eigenvalue weighted by molar-refractivity contribution is 7.80. The Kier molecular flexibility index (Phi) is 10.8. The van der Waals surface area contributed by atoms with Crippen molar-refractivity contribution < 1.29 is 19.1 Å². The van der Waals surface area contributed by atoms with E-state index in [0.717, 1.165) is 18.4 Å². The fourth-order valence-electron chi connectivity index (χ4n) is 3.54. The summed E-state index contributed by atoms with van der Waals surface area (Å²) in [7, 11) is 0. The molecule has 9 heteroatoms. The number of rotatable bonds is 10. The normalized spacial score (nSPS) is 10.3. The van der Waals surface area contributed by atoms with E-state index < -0.39 is 11.8 Å². The number of carbonyl (C=O) groups excluding carboxylic acids is 3. The van der Waals surface area contributed by atoms with Crippen molar-refractivity contribution in [1.29, 1.82) is 0 Å². The summed E-state index contributed by atoms with van der Waals surface area (Å²) in [5.74, 6) is -0.404. The Morgan fingerprint density at radius 2 is 1.42 bits per heavy atom. The standard InChI is InChI=1S/C29H32N4O4S/c1-3-4-5-8-19-37-24-17-13-21(14-18-24)26(34)31-29(38)33-32-27(35)22-11-15-23(16-12-22)30-28(36)25-10-7-6-9-20(25)2/h6-7,9-18H,3-5,8,19H2,1-2H3,(H,30,36)(H,32,35)(H2,31,33,34,38). The van der Waals surface area contributed by atoms with Crippen LogP contribution in [-0.2, 0) is 0 Å². The molecule has 0 radical (unpaired) electrons. The number of nitrogens with one attached hydrogen (secondary N) is 4. The number of carbonyl (C=O) groups is 3. The molecule has 3 aromatic carbocycles. The smallest absolute Gasteiger partial charge is 0.269 e. The average Bonchev–Trinajstić information content (AvgIpc) is 2.92. The van der Waals surface area contributed by atoms with Crippen molar-refractivity contribution in [2.24, 2.45) is 0 Å². The summed E-state index contributed by atoms with van der Waals surface area (Å²) in [6, 6.07) is 20.5. The van der Waals surface area contributed by atoms with Gasteiger partial charge in [-0.15, -0.1) is 0 Å². The van der Waals surface area contributed by atoms with Crippen molar-refractivity contribution in [2.75, 3.05) is 11.9 Å². The third-order valence-corrected chi connectivity index (χ3v) is 5.90. The summed E-state index contributed by atoms with van der Waals surface area (Å²) in [5, 5.41) is 5.27. The van der Waals surface area contributed by atoms with Crippen molar-refractivity contribution in [2.45, 2.75) is 39.5 Å². The molecule has 0 saturated carbocycles. The number of aryl methyl sites for hydroxylation is 1. The summed E-state index contributed by atoms with van der Waals surface area (Å²) < 4.78 is 5.69. The van der Waals surface area contributed by atoms with E-state index in [2.05, 4.69) is 28.4 Å². The van der Waals surface area contributed by atoms with E-state index in [1.54, 1.807) is 60.7 Å². The Hall–Kier alpha value is -4.24. The molecule has 0 unspecified atom stereocenters. The van der Waals surface area contributed by atoms with Crippen LogP contribution in [0.4, 0.5) is 5.69 Å². The van der Waals surface area contributed by atoms with Gasteiger partial charge in [0.25, 0.3) is 17.7 Å². The predicted octanol–water partition coefficient (Wildman–Crippen LogP) is 5.16. The first-order valence-electron chi connectivity index (χ1n) is 12.5. The monoisotopic (exact) mass is 532 g/mol. The molecule has 198 valence electrons. The van der Waals surface area contributed by atoms with E-state index in [0.29, 0.717) is 34.7 Å². The second-order valence-electron chi connectivity index (χ2n) is 8.64. The quantitative estimate of drug-likeness (QED) is 0.163. The largest absolute Gasteiger partial charge is 0.494 e. The molecule has 3 rings (SSSR count). The Morgan fingerprint density at radius 1 is 0.763 bits per heavy atom. The molecule has 0 aliphatic rings. The van der Waals surface area contributed by atoms with E-state index in [4.69, 9.17) is 17.0 Å². The van der Waals surface area contributed by atoms with Crippen LogP contribution in [0.3, 0.4) is 0 Å². The molecule has 3 aromatic rings. The first-order valence-corrected chi connectivity index (χ1v) is 12.9. The number of hydrogen-bond acceptors (Lipinski definition) is 5. The number of hydrogen-bond donors (Lipinski definition) is 4. The fourth-order valence-corrected chi connectivity index (χ4v) is 3.69. The lowest BCUT2D eigenvalue weighted by atomic mass is 10.1. The average molecular weight is 533 g/mol. The van der Waals surface area contributed by atoms with Crippen molar-refractivity contribution >= 4 is 40.7 Å². The Morgan fingerprint density at radius 3 is 2.11 bits per heavy atom. The fraction of sp³-hybridized carbons (Fsp3) is 0.241. The van der Waals surface area contributed by atoms with Gasteiger partial charge in [0.1, 0.15) is 5.75 Å². The first kappa shape index (κ1) is 28.3. The summed E-state index contributed by atoms with van der Waals surface area (Å²) in [5.41, 5.74) is 7.71. The van der Waals surface area contributed by atoms with Crippen LogP contribution < -0.4 is 26.2 Å². The first-order chi connectivity index (χ1) is 18.4. The number of ether oxygens (including phenoxy) is 1. The highest BCUT2D eigenvalue weighted by Crippen LogP contribution is 2.14. The number of unbranched alkanes of at least 4 members (excludes halogenated alkanes) is 3. The maximum atomic E-state index is 12.5. The van der Waals surface area contributed by atoms with Crippen LogP contribution in [0.1, 0.15) is 69.2 Å². The van der Waals surface area contributed by atoms with Crippen molar-refractivity contribution in [1.82, 2.24) is 16.2 Å². The number of hydrazine groups is 1. The zero-order valence-electron chi connectivity index (χ0n) is 21.5. The lowest BCUT2D eigenvalue weighted by molar-refractivity contribution is 0.0934. The molecular formula is C29H32N4O4S. The Balaban J connectivity index is 1.42. The minimum atomic E-state index is -0.459. The summed E-state index contributed by atoms with van der Waals surface area (Å²) in [6.45, 7) is 4.67. The van der Waals surface area contributed by atoms with Gasteiger partial charge in [-0.05, 0) is 85.7 Å². The lowest BCUT2D eigenvalue weighted by Crippen LogP contribution is -2.48. The molecule has 0 fully saturated rings. The Bertz CT molecular complexity index is 1260. The number of amides is 3. The van der Waals surface area contributed by atoms with E-state index in [1.165, 1.54) is 12.8 Å². The lowest BCUT2D eigenvalue weighted by Gasteiger charge is -2.12. The van der Waals surface area contributed by atoms with Crippen LogP contribution in [0.5, 0.6) is 5.75 Å². The second-order valence-corrected chi connectivity index (χ2v) is 9.05. The van der Waals surface area contributed by atoms with Crippen molar-refractivity contribution in [3.05, 3.63) is 95.1 Å². The van der Waals surface area contributed by atoms with Gasteiger partial charge in [0.2, 0.25) is 0 Å². The third kappa shape index (κ3) is 8.70. The molecule has 0 spiro atoms. The van der Waals surface area contributed by atoms with E-state index in [-0.39, 0.29) is 11.0 Å². The minimum Gasteiger partial charge on any atom is -0.494 e. The summed E-state index contributed by atoms with van der Waals surface area (Å²) >= 11 is 5.11. The SMILES string of the molecule is CCCCCCOc1ccc(C(=O)NC(=S)NNC(=O)c2ccc(NC(=O)c3ccccc3C)cc2)cc1. The molecule has 4 N–H and O–H groups in total. The molecule has 0 atom stereocenters. The number of thiocarbonyl (C=S) groups is 1. The van der Waals surface area contributed by atoms with Crippen LogP contribution in [0.15, 0.2) is 72.8 Å². The molecule has 38 heavy (non-hydrogen) atoms. The van der Waals surface area contributed by atoms with Crippen LogP contribution in [0, 0.1) is 6.92 Å². The van der Waals surface area contributed by atoms with Gasteiger partial charge < -0.3 is 10.1 Å². The minimum absolute atomic E-state index is 0.0540. The molecule has 0 aliphatic carbocycles. The number of anilines is 1. The highest BCUT2D eigenvalue weighted by atomic mass is 32.1. The van der Waals surface area contributed by atoms with Gasteiger partial charge in [0.15, 0.2) is 5.11 Å². The van der Waals surface area contributed by atoms with Crippen LogP contribution in [0.25, 0.3) is 0 Å². The topological polar surface area (TPSA) is 109 Å². The zero-order valence-corrected chi connectivity index (χ0v) is 22.3. The van der Waals surface area contributed by atoms with Crippen molar-refractivity contribution in [3.63, 3.8) is 0 Å². The van der Waals surface area contributed by atoms with Gasteiger partial charge in [-0.3, -0.25) is 30.6 Å². The molecule has 0 heterocycles. The maximum absolute atomic E-state index is 12.5. The van der Waals surface area contributed by atoms with Gasteiger partial charge in [-0.1, -0.05) is 44.4 Å². The molecule has 8 nitrogen and oxygen atoms in total. The van der Waals surface area contributed by atoms with E-state index in [9.17, 15) is 14.4 Å². The van der Waals surface area contributed by atoms with E-state index in [1.807, 2.05) is 19.1 Å². The summed E-state index contributed by atoms with van der Waals surface area (Å²) in [6.07, 6.45) is 4.50. The zero-order chi connectivity index (χ0) is 27.3. The van der Waals surface area contributed by atoms with Crippen LogP contribution in [0.2, 0.25) is 0 Å². The van der Waals surface area contributed by atoms with Gasteiger partial charge in [-0.25, -0.2) is 0 Å². The summed E-state index contributed by atoms with van der Waals surface area (Å²) in [4.78, 5) is 37.3. The Labute approximate surface area is 228 Å². The molecule has 0 aliphatic heterocycles. The third-order valence-electron chi connectivity index (χ3n) is 5.69. The van der Waals surface area contributed by atoms with Crippen LogP contribution in [-0.4, -0.2) is 29.4 Å². The highest BCUT2D eigenvalue weighted by Gasteiger charge is 2.12. The molecule has 3 amide bonds. The number of benzene rings is 3. The molecule has 0 saturated heterocycles.